The average molecular weight is 272 g/mol. The molecule has 0 fully saturated rings. The largest absolute Gasteiger partial charge is 0.377 e. The highest BCUT2D eigenvalue weighted by atomic mass is 32.1. The molecule has 2 aliphatic rings. The molecule has 19 heavy (non-hydrogen) atoms. The first-order valence-corrected chi connectivity index (χ1v) is 6.39. The third-order valence-corrected chi connectivity index (χ3v) is 3.61. The fourth-order valence-corrected chi connectivity index (χ4v) is 2.59. The van der Waals surface area contributed by atoms with Crippen LogP contribution in [0.1, 0.15) is 10.4 Å². The van der Waals surface area contributed by atoms with Gasteiger partial charge in [-0.15, -0.1) is 0 Å². The number of carbonyl (C=O) groups excluding carboxylic acids is 2. The van der Waals surface area contributed by atoms with Crippen molar-refractivity contribution in [2.45, 2.75) is 6.04 Å². The van der Waals surface area contributed by atoms with Gasteiger partial charge in [0.05, 0.1) is 12.0 Å². The summed E-state index contributed by atoms with van der Waals surface area (Å²) in [6, 6.07) is 7.22. The van der Waals surface area contributed by atoms with E-state index in [9.17, 15) is 9.59 Å². The second-order valence-electron chi connectivity index (χ2n) is 4.53. The lowest BCUT2D eigenvalue weighted by molar-refractivity contribution is -0.115. The summed E-state index contributed by atoms with van der Waals surface area (Å²) in [5, 5.41) is 3.28. The van der Waals surface area contributed by atoms with E-state index >= 15 is 0 Å². The highest BCUT2D eigenvalue weighted by Gasteiger charge is 2.34. The van der Waals surface area contributed by atoms with Gasteiger partial charge < -0.3 is 5.32 Å². The summed E-state index contributed by atoms with van der Waals surface area (Å²) in [5.41, 5.74) is 2.02. The summed E-state index contributed by atoms with van der Waals surface area (Å²) >= 11 is 3.75. The zero-order valence-electron chi connectivity index (χ0n) is 9.96. The van der Waals surface area contributed by atoms with E-state index in [1.807, 2.05) is 24.3 Å². The predicted octanol–water partition coefficient (Wildman–Crippen LogP) is 1.74. The number of fused-ring (bicyclic) bond motifs is 2. The molecule has 4 nitrogen and oxygen atoms in total. The van der Waals surface area contributed by atoms with E-state index in [0.717, 1.165) is 5.69 Å². The van der Waals surface area contributed by atoms with Crippen LogP contribution < -0.4 is 10.0 Å². The van der Waals surface area contributed by atoms with Gasteiger partial charge in [-0.1, -0.05) is 37.1 Å². The second kappa shape index (κ2) is 4.59. The number of hydrogen-bond acceptors (Lipinski definition) is 4. The van der Waals surface area contributed by atoms with Gasteiger partial charge in [0.15, 0.2) is 5.78 Å². The van der Waals surface area contributed by atoms with Crippen LogP contribution in [0.4, 0.5) is 5.69 Å². The van der Waals surface area contributed by atoms with Crippen LogP contribution in [0.3, 0.4) is 0 Å². The fourth-order valence-electron chi connectivity index (χ4n) is 2.46. The molecule has 2 unspecified atom stereocenters. The molecule has 1 aromatic rings. The summed E-state index contributed by atoms with van der Waals surface area (Å²) in [7, 11) is 0. The first-order valence-electron chi connectivity index (χ1n) is 5.95. The number of nitrogens with one attached hydrogen (secondary N) is 2. The number of rotatable bonds is 1. The van der Waals surface area contributed by atoms with Crippen LogP contribution in [0.5, 0.6) is 0 Å². The molecular formula is C14H12N2O2S. The van der Waals surface area contributed by atoms with Crippen molar-refractivity contribution in [3.05, 3.63) is 53.6 Å². The van der Waals surface area contributed by atoms with Gasteiger partial charge in [-0.05, 0) is 18.2 Å². The van der Waals surface area contributed by atoms with E-state index in [-0.39, 0.29) is 23.7 Å². The lowest BCUT2D eigenvalue weighted by Gasteiger charge is -2.32. The lowest BCUT2D eigenvalue weighted by Crippen LogP contribution is -2.39. The maximum absolute atomic E-state index is 12.4. The van der Waals surface area contributed by atoms with Gasteiger partial charge in [0.2, 0.25) is 0 Å². The summed E-state index contributed by atoms with van der Waals surface area (Å²) in [6.07, 6.45) is 5.21. The first-order chi connectivity index (χ1) is 9.20. The van der Waals surface area contributed by atoms with Crippen molar-refractivity contribution in [2.75, 3.05) is 5.32 Å². The zero-order valence-corrected chi connectivity index (χ0v) is 10.9. The second-order valence-corrected chi connectivity index (χ2v) is 4.75. The molecule has 96 valence electrons. The minimum absolute atomic E-state index is 0.0807. The Kier molecular flexibility index (Phi) is 2.91. The van der Waals surface area contributed by atoms with Crippen LogP contribution in [0.25, 0.3) is 0 Å². The maximum Gasteiger partial charge on any atom is 0.260 e. The topological polar surface area (TPSA) is 58.2 Å². The van der Waals surface area contributed by atoms with Crippen LogP contribution in [-0.4, -0.2) is 17.7 Å². The molecule has 3 rings (SSSR count). The Morgan fingerprint density at radius 3 is 2.89 bits per heavy atom. The van der Waals surface area contributed by atoms with Crippen molar-refractivity contribution in [3.63, 3.8) is 0 Å². The molecule has 1 aromatic carbocycles. The Labute approximate surface area is 116 Å². The smallest absolute Gasteiger partial charge is 0.260 e. The van der Waals surface area contributed by atoms with Crippen molar-refractivity contribution < 1.29 is 9.59 Å². The molecule has 0 saturated carbocycles. The number of para-hydroxylation sites is 1. The Morgan fingerprint density at radius 2 is 2.11 bits per heavy atom. The number of Topliss-reactive ketones (excluding diaryl/α,β-unsaturated/α-hetero) is 1. The van der Waals surface area contributed by atoms with Gasteiger partial charge in [0.1, 0.15) is 0 Å². The molecule has 2 atom stereocenters. The number of ketones is 1. The Balaban J connectivity index is 1.98. The molecule has 0 radical (unpaired) electrons. The van der Waals surface area contributed by atoms with Gasteiger partial charge >= 0.3 is 0 Å². The standard InChI is InChI=1S/C14H12N2O2S/c17-13-9-3-1-2-4-11(9)15-12-7-8(14(18)16-19)5-6-10(12)13/h1-7,10,12,15,19H,(H,16,18). The molecular weight excluding hydrogens is 260 g/mol. The quantitative estimate of drug-likeness (QED) is 0.682. The van der Waals surface area contributed by atoms with Gasteiger partial charge in [0, 0.05) is 16.8 Å². The van der Waals surface area contributed by atoms with Gasteiger partial charge in [0.25, 0.3) is 5.91 Å². The van der Waals surface area contributed by atoms with Crippen molar-refractivity contribution in [1.29, 1.82) is 0 Å². The van der Waals surface area contributed by atoms with E-state index < -0.39 is 0 Å². The molecule has 1 heterocycles. The number of amides is 1. The Bertz CT molecular complexity index is 622. The fraction of sp³-hybridized carbons (Fsp3) is 0.143. The first kappa shape index (κ1) is 12.0. The molecule has 5 heteroatoms. The molecule has 0 aromatic heterocycles. The van der Waals surface area contributed by atoms with Crippen LogP contribution in [0.15, 0.2) is 48.1 Å². The normalized spacial score (nSPS) is 23.8. The minimum Gasteiger partial charge on any atom is -0.377 e. The third-order valence-electron chi connectivity index (χ3n) is 3.41. The van der Waals surface area contributed by atoms with E-state index in [2.05, 4.69) is 22.9 Å². The maximum atomic E-state index is 12.4. The zero-order chi connectivity index (χ0) is 13.4. The molecule has 1 aliphatic heterocycles. The van der Waals surface area contributed by atoms with Crippen LogP contribution in [0, 0.1) is 5.92 Å². The number of thiol groups is 1. The molecule has 0 spiro atoms. The van der Waals surface area contributed by atoms with E-state index in [0.29, 0.717) is 11.1 Å². The van der Waals surface area contributed by atoms with Crippen molar-refractivity contribution >= 4 is 30.2 Å². The number of anilines is 1. The molecule has 1 amide bonds. The third kappa shape index (κ3) is 1.96. The predicted molar refractivity (Wildman–Crippen MR) is 76.0 cm³/mol. The molecule has 0 saturated heterocycles. The highest BCUT2D eigenvalue weighted by molar-refractivity contribution is 7.78. The van der Waals surface area contributed by atoms with Crippen LogP contribution >= 0.6 is 12.8 Å². The minimum atomic E-state index is -0.272. The Morgan fingerprint density at radius 1 is 1.32 bits per heavy atom. The summed E-state index contributed by atoms with van der Waals surface area (Å²) in [6.45, 7) is 0. The monoisotopic (exact) mass is 272 g/mol. The molecule has 2 N–H and O–H groups in total. The Hall–Kier alpha value is -2.01. The molecule has 0 bridgehead atoms. The van der Waals surface area contributed by atoms with Gasteiger partial charge in [-0.25, -0.2) is 0 Å². The number of hydrogen-bond donors (Lipinski definition) is 3. The highest BCUT2D eigenvalue weighted by Crippen LogP contribution is 2.32. The number of carbonyl (C=O) groups is 2. The van der Waals surface area contributed by atoms with Crippen molar-refractivity contribution in [2.24, 2.45) is 5.92 Å². The van der Waals surface area contributed by atoms with E-state index in [1.54, 1.807) is 18.2 Å². The lowest BCUT2D eigenvalue weighted by atomic mass is 9.82. The van der Waals surface area contributed by atoms with Crippen molar-refractivity contribution in [1.82, 2.24) is 4.72 Å². The van der Waals surface area contributed by atoms with Crippen LogP contribution in [0.2, 0.25) is 0 Å². The average Bonchev–Trinajstić information content (AvgIpc) is 2.46. The van der Waals surface area contributed by atoms with Crippen molar-refractivity contribution in [3.8, 4) is 0 Å². The van der Waals surface area contributed by atoms with E-state index in [4.69, 9.17) is 0 Å². The van der Waals surface area contributed by atoms with Gasteiger partial charge in [-0.3, -0.25) is 14.3 Å². The SMILES string of the molecule is O=C(NS)C1=CC2Nc3ccccc3C(=O)C2C=C1. The summed E-state index contributed by atoms with van der Waals surface area (Å²) in [4.78, 5) is 23.9. The van der Waals surface area contributed by atoms with E-state index in [1.165, 1.54) is 0 Å². The summed E-state index contributed by atoms with van der Waals surface area (Å²) < 4.78 is 2.28. The van der Waals surface area contributed by atoms with Gasteiger partial charge in [-0.2, -0.15) is 0 Å². The van der Waals surface area contributed by atoms with Crippen LogP contribution in [-0.2, 0) is 4.79 Å². The summed E-state index contributed by atoms with van der Waals surface area (Å²) in [5.74, 6) is -0.449. The molecule has 1 aliphatic carbocycles. The number of benzene rings is 1.